The van der Waals surface area contributed by atoms with E-state index < -0.39 is 0 Å². The lowest BCUT2D eigenvalue weighted by Crippen LogP contribution is -2.46. The van der Waals surface area contributed by atoms with E-state index in [0.717, 1.165) is 49.0 Å². The number of imidazole rings is 1. The number of morpholine rings is 1. The largest absolute Gasteiger partial charge is 0.373 e. The summed E-state index contributed by atoms with van der Waals surface area (Å²) in [6, 6.07) is 1.95. The maximum atomic E-state index is 7.93. The fourth-order valence-corrected chi connectivity index (χ4v) is 2.99. The number of nitrogens with two attached hydrogens (primary N) is 1. The summed E-state index contributed by atoms with van der Waals surface area (Å²) in [7, 11) is 0. The Morgan fingerprint density at radius 1 is 1.36 bits per heavy atom. The van der Waals surface area contributed by atoms with E-state index in [0.29, 0.717) is 24.8 Å². The zero-order chi connectivity index (χ0) is 19.9. The highest BCUT2D eigenvalue weighted by molar-refractivity contribution is 5.98. The SMILES string of the molecule is CC.N=C(/C=C\c1ncc(-c2cc(N3CCOC(CN)C3)ncn2)[nH]1)C1CC1. The van der Waals surface area contributed by atoms with Crippen LogP contribution in [0.5, 0.6) is 0 Å². The summed E-state index contributed by atoms with van der Waals surface area (Å²) in [4.78, 5) is 18.5. The van der Waals surface area contributed by atoms with Gasteiger partial charge in [-0.2, -0.15) is 0 Å². The Bertz CT molecular complexity index is 812. The predicted molar refractivity (Wildman–Crippen MR) is 111 cm³/mol. The third-order valence-corrected chi connectivity index (χ3v) is 4.69. The Hall–Kier alpha value is -2.58. The predicted octanol–water partition coefficient (Wildman–Crippen LogP) is 2.50. The van der Waals surface area contributed by atoms with Gasteiger partial charge in [-0.3, -0.25) is 0 Å². The molecule has 0 bridgehead atoms. The lowest BCUT2D eigenvalue weighted by atomic mass is 10.2. The lowest BCUT2D eigenvalue weighted by Gasteiger charge is -2.33. The molecule has 4 rings (SSSR count). The second-order valence-corrected chi connectivity index (χ2v) is 6.68. The average Bonchev–Trinajstić information content (AvgIpc) is 3.51. The second kappa shape index (κ2) is 9.57. The molecule has 1 aliphatic heterocycles. The van der Waals surface area contributed by atoms with Crippen LogP contribution < -0.4 is 10.6 Å². The molecule has 1 atom stereocenters. The number of rotatable bonds is 6. The number of allylic oxidation sites excluding steroid dienone is 1. The number of hydrogen-bond acceptors (Lipinski definition) is 7. The Labute approximate surface area is 165 Å². The average molecular weight is 384 g/mol. The van der Waals surface area contributed by atoms with E-state index in [2.05, 4.69) is 24.8 Å². The molecule has 1 saturated heterocycles. The molecule has 0 amide bonds. The Morgan fingerprint density at radius 3 is 2.93 bits per heavy atom. The third kappa shape index (κ3) is 5.02. The van der Waals surface area contributed by atoms with Gasteiger partial charge in [-0.1, -0.05) is 13.8 Å². The van der Waals surface area contributed by atoms with Crippen LogP contribution in [0, 0.1) is 11.3 Å². The molecular weight excluding hydrogens is 354 g/mol. The van der Waals surface area contributed by atoms with E-state index in [1.807, 2.05) is 32.1 Å². The van der Waals surface area contributed by atoms with Crippen LogP contribution in [-0.2, 0) is 4.74 Å². The monoisotopic (exact) mass is 383 g/mol. The van der Waals surface area contributed by atoms with Gasteiger partial charge in [-0.15, -0.1) is 0 Å². The molecule has 1 unspecified atom stereocenters. The molecule has 8 heteroatoms. The number of aromatic nitrogens is 4. The number of H-pyrrole nitrogens is 1. The smallest absolute Gasteiger partial charge is 0.132 e. The van der Waals surface area contributed by atoms with E-state index in [1.165, 1.54) is 0 Å². The molecule has 0 radical (unpaired) electrons. The van der Waals surface area contributed by atoms with Crippen molar-refractivity contribution in [3.05, 3.63) is 30.5 Å². The minimum atomic E-state index is 0.0350. The van der Waals surface area contributed by atoms with Gasteiger partial charge in [-0.25, -0.2) is 15.0 Å². The number of nitrogens with one attached hydrogen (secondary N) is 2. The quantitative estimate of drug-likeness (QED) is 0.660. The van der Waals surface area contributed by atoms with Crippen LogP contribution in [0.25, 0.3) is 17.5 Å². The van der Waals surface area contributed by atoms with Gasteiger partial charge in [0.05, 0.1) is 30.3 Å². The van der Waals surface area contributed by atoms with Crippen molar-refractivity contribution in [3.8, 4) is 11.4 Å². The normalized spacial score (nSPS) is 19.4. The minimum Gasteiger partial charge on any atom is -0.373 e. The van der Waals surface area contributed by atoms with Crippen molar-refractivity contribution in [1.29, 1.82) is 5.41 Å². The molecule has 0 aromatic carbocycles. The minimum absolute atomic E-state index is 0.0350. The highest BCUT2D eigenvalue weighted by atomic mass is 16.5. The molecule has 0 spiro atoms. The first kappa shape index (κ1) is 20.2. The summed E-state index contributed by atoms with van der Waals surface area (Å²) in [5.74, 6) is 2.02. The molecule has 1 aliphatic carbocycles. The van der Waals surface area contributed by atoms with Gasteiger partial charge in [0.2, 0.25) is 0 Å². The van der Waals surface area contributed by atoms with Crippen molar-refractivity contribution in [1.82, 2.24) is 19.9 Å². The standard InChI is InChI=1S/C18H23N7O.C2H6/c19-8-13-10-25(5-6-26-13)18-7-15(22-11-23-18)16-9-21-17(24-16)4-3-14(20)12-1-2-12;1-2/h3-4,7,9,11-13,20H,1-2,5-6,8,10,19H2,(H,21,24);1-2H3/b4-3-,20-14?;. The maximum Gasteiger partial charge on any atom is 0.132 e. The summed E-state index contributed by atoms with van der Waals surface area (Å²) < 4.78 is 5.61. The zero-order valence-corrected chi connectivity index (χ0v) is 16.6. The third-order valence-electron chi connectivity index (χ3n) is 4.69. The van der Waals surface area contributed by atoms with Gasteiger partial charge in [0.1, 0.15) is 18.0 Å². The molecule has 8 nitrogen and oxygen atoms in total. The molecule has 2 fully saturated rings. The summed E-state index contributed by atoms with van der Waals surface area (Å²) in [6.45, 7) is 6.66. The first-order valence-corrected chi connectivity index (χ1v) is 9.93. The number of hydrogen-bond donors (Lipinski definition) is 3. The number of nitrogens with zero attached hydrogens (tertiary/aromatic N) is 4. The molecule has 2 aromatic heterocycles. The van der Waals surface area contributed by atoms with Gasteiger partial charge in [-0.05, 0) is 25.0 Å². The molecule has 2 aromatic rings. The van der Waals surface area contributed by atoms with Gasteiger partial charge in [0.25, 0.3) is 0 Å². The van der Waals surface area contributed by atoms with Crippen LogP contribution in [0.3, 0.4) is 0 Å². The first-order chi connectivity index (χ1) is 13.7. The molecule has 150 valence electrons. The van der Waals surface area contributed by atoms with Gasteiger partial charge in [0.15, 0.2) is 0 Å². The van der Waals surface area contributed by atoms with Crippen LogP contribution in [0.2, 0.25) is 0 Å². The highest BCUT2D eigenvalue weighted by Gasteiger charge is 2.24. The van der Waals surface area contributed by atoms with Crippen molar-refractivity contribution in [2.24, 2.45) is 11.7 Å². The van der Waals surface area contributed by atoms with Crippen LogP contribution in [0.15, 0.2) is 24.7 Å². The van der Waals surface area contributed by atoms with Gasteiger partial charge < -0.3 is 25.8 Å². The van der Waals surface area contributed by atoms with E-state index in [-0.39, 0.29) is 6.10 Å². The molecule has 2 aliphatic rings. The summed E-state index contributed by atoms with van der Waals surface area (Å²) in [5.41, 5.74) is 8.01. The maximum absolute atomic E-state index is 7.93. The van der Waals surface area contributed by atoms with E-state index in [1.54, 1.807) is 12.5 Å². The number of aromatic amines is 1. The van der Waals surface area contributed by atoms with E-state index >= 15 is 0 Å². The first-order valence-electron chi connectivity index (χ1n) is 9.93. The second-order valence-electron chi connectivity index (χ2n) is 6.68. The fraction of sp³-hybridized carbons (Fsp3) is 0.500. The van der Waals surface area contributed by atoms with Crippen LogP contribution in [0.1, 0.15) is 32.5 Å². The summed E-state index contributed by atoms with van der Waals surface area (Å²) >= 11 is 0. The lowest BCUT2D eigenvalue weighted by molar-refractivity contribution is 0.0463. The van der Waals surface area contributed by atoms with E-state index in [4.69, 9.17) is 15.9 Å². The van der Waals surface area contributed by atoms with Crippen molar-refractivity contribution < 1.29 is 4.74 Å². The highest BCUT2D eigenvalue weighted by Crippen LogP contribution is 2.30. The van der Waals surface area contributed by atoms with Crippen molar-refractivity contribution in [2.45, 2.75) is 32.8 Å². The summed E-state index contributed by atoms with van der Waals surface area (Å²) in [6.07, 6.45) is 9.29. The topological polar surface area (TPSA) is 117 Å². The van der Waals surface area contributed by atoms with Gasteiger partial charge >= 0.3 is 0 Å². The molecule has 4 N–H and O–H groups in total. The summed E-state index contributed by atoms with van der Waals surface area (Å²) in [5, 5.41) is 7.93. The van der Waals surface area contributed by atoms with Crippen LogP contribution in [0.4, 0.5) is 5.82 Å². The van der Waals surface area contributed by atoms with Crippen LogP contribution in [-0.4, -0.2) is 58.0 Å². The molecule has 28 heavy (non-hydrogen) atoms. The van der Waals surface area contributed by atoms with Crippen molar-refractivity contribution in [3.63, 3.8) is 0 Å². The molecule has 3 heterocycles. The Kier molecular flexibility index (Phi) is 6.89. The molecule has 1 saturated carbocycles. The van der Waals surface area contributed by atoms with E-state index in [9.17, 15) is 0 Å². The van der Waals surface area contributed by atoms with Crippen molar-refractivity contribution >= 4 is 17.6 Å². The Morgan fingerprint density at radius 2 is 2.18 bits per heavy atom. The fourth-order valence-electron chi connectivity index (χ4n) is 2.99. The molecular formula is C20H29N7O. The number of anilines is 1. The van der Waals surface area contributed by atoms with Gasteiger partial charge in [0, 0.05) is 37.3 Å². The van der Waals surface area contributed by atoms with Crippen molar-refractivity contribution in [2.75, 3.05) is 31.1 Å². The van der Waals surface area contributed by atoms with Crippen LogP contribution >= 0.6 is 0 Å². The zero-order valence-electron chi connectivity index (χ0n) is 16.6. The number of ether oxygens (including phenoxy) is 1. The Balaban J connectivity index is 0.00000109.